The van der Waals surface area contributed by atoms with Crippen LogP contribution in [0, 0.1) is 23.2 Å². The third-order valence-electron chi connectivity index (χ3n) is 7.39. The Balaban J connectivity index is 1.33. The van der Waals surface area contributed by atoms with E-state index in [1.54, 1.807) is 0 Å². The molecule has 0 aromatic heterocycles. The summed E-state index contributed by atoms with van der Waals surface area (Å²) in [6, 6.07) is 0. The molecule has 4 saturated carbocycles. The second-order valence-electron chi connectivity index (χ2n) is 10.1. The fraction of sp³-hybridized carbons (Fsp3) is 0.909. The van der Waals surface area contributed by atoms with E-state index in [0.29, 0.717) is 0 Å². The van der Waals surface area contributed by atoms with Gasteiger partial charge in [0.25, 0.3) is 0 Å². The summed E-state index contributed by atoms with van der Waals surface area (Å²) >= 11 is 0. The smallest absolute Gasteiger partial charge is 0.381 e. The van der Waals surface area contributed by atoms with Crippen LogP contribution in [-0.2, 0) is 19.1 Å². The van der Waals surface area contributed by atoms with Crippen molar-refractivity contribution in [2.75, 3.05) is 13.2 Å². The third-order valence-corrected chi connectivity index (χ3v) is 7.39. The summed E-state index contributed by atoms with van der Waals surface area (Å²) in [6.45, 7) is -2.27. The second-order valence-corrected chi connectivity index (χ2v) is 10.1. The van der Waals surface area contributed by atoms with E-state index in [4.69, 9.17) is 4.74 Å². The average molecular weight is 508 g/mol. The van der Waals surface area contributed by atoms with E-state index in [1.165, 1.54) is 19.3 Å². The van der Waals surface area contributed by atoms with Gasteiger partial charge in [-0.3, -0.25) is 9.59 Å². The highest BCUT2D eigenvalue weighted by molar-refractivity contribution is 5.72. The molecule has 0 aromatic carbocycles. The molecule has 4 fully saturated rings. The minimum absolute atomic E-state index is 0.204. The first kappa shape index (κ1) is 27.0. The molecule has 12 heteroatoms. The monoisotopic (exact) mass is 508 g/mol. The maximum Gasteiger partial charge on any atom is 0.381 e. The van der Waals surface area contributed by atoms with E-state index in [-0.39, 0.29) is 24.9 Å². The maximum atomic E-state index is 13.4. The number of hydrogen-bond acceptors (Lipinski definition) is 4. The van der Waals surface area contributed by atoms with Gasteiger partial charge in [0.05, 0.1) is 6.61 Å². The number of esters is 2. The molecule has 4 bridgehead atoms. The largest absolute Gasteiger partial charge is 0.466 e. The van der Waals surface area contributed by atoms with Gasteiger partial charge in [-0.1, -0.05) is 0 Å². The standard InChI is InChI=1S/C22H28F8O4/c23-18(24)21(27,28)22(29,30)20(25,26)12-34-17(32)3-1-2-16(31)33-5-4-19-9-13-6-14(10-19)8-15(7-13)11-19/h13-15,18H,1-12H2. The van der Waals surface area contributed by atoms with Crippen molar-refractivity contribution in [3.63, 3.8) is 0 Å². The minimum atomic E-state index is -6.44. The number of ether oxygens (including phenoxy) is 2. The molecule has 0 aromatic rings. The molecule has 0 unspecified atom stereocenters. The van der Waals surface area contributed by atoms with Gasteiger partial charge in [-0.05, 0) is 74.5 Å². The van der Waals surface area contributed by atoms with Gasteiger partial charge in [-0.15, -0.1) is 0 Å². The minimum Gasteiger partial charge on any atom is -0.466 e. The van der Waals surface area contributed by atoms with E-state index in [1.807, 2.05) is 0 Å². The van der Waals surface area contributed by atoms with Gasteiger partial charge in [0, 0.05) is 12.8 Å². The SMILES string of the molecule is O=C(CCCC(=O)OCC(F)(F)C(F)(F)C(F)(F)C(F)F)OCCC12CC3CC(CC(C3)C1)C2. The lowest BCUT2D eigenvalue weighted by Gasteiger charge is -2.57. The Hall–Kier alpha value is -1.62. The first-order valence-corrected chi connectivity index (χ1v) is 11.4. The molecule has 0 amide bonds. The van der Waals surface area contributed by atoms with Crippen molar-refractivity contribution in [2.45, 2.75) is 88.4 Å². The van der Waals surface area contributed by atoms with Crippen LogP contribution in [0.15, 0.2) is 0 Å². The molecule has 4 rings (SSSR count). The highest BCUT2D eigenvalue weighted by Gasteiger charge is 2.75. The van der Waals surface area contributed by atoms with Crippen LogP contribution in [-0.4, -0.2) is 49.3 Å². The summed E-state index contributed by atoms with van der Waals surface area (Å²) in [5.41, 5.74) is 0.216. The van der Waals surface area contributed by atoms with Crippen molar-refractivity contribution in [3.8, 4) is 0 Å². The topological polar surface area (TPSA) is 52.6 Å². The van der Waals surface area contributed by atoms with Crippen molar-refractivity contribution in [1.29, 1.82) is 0 Å². The molecule has 0 radical (unpaired) electrons. The van der Waals surface area contributed by atoms with Gasteiger partial charge >= 0.3 is 36.1 Å². The summed E-state index contributed by atoms with van der Waals surface area (Å²) in [6.07, 6.45) is 1.91. The van der Waals surface area contributed by atoms with Crippen LogP contribution in [0.3, 0.4) is 0 Å². The third kappa shape index (κ3) is 5.61. The predicted molar refractivity (Wildman–Crippen MR) is 102 cm³/mol. The van der Waals surface area contributed by atoms with Crippen LogP contribution in [0.2, 0.25) is 0 Å². The molecule has 0 heterocycles. The fourth-order valence-corrected chi connectivity index (χ4v) is 6.14. The molecule has 4 aliphatic rings. The highest BCUT2D eigenvalue weighted by atomic mass is 19.4. The molecule has 4 nitrogen and oxygen atoms in total. The number of rotatable bonds is 12. The van der Waals surface area contributed by atoms with Gasteiger partial charge in [0.2, 0.25) is 0 Å². The van der Waals surface area contributed by atoms with Gasteiger partial charge in [-0.25, -0.2) is 8.78 Å². The van der Waals surface area contributed by atoms with Crippen molar-refractivity contribution in [3.05, 3.63) is 0 Å². The Morgan fingerprint density at radius 2 is 1.29 bits per heavy atom. The van der Waals surface area contributed by atoms with Crippen molar-refractivity contribution in [1.82, 2.24) is 0 Å². The van der Waals surface area contributed by atoms with E-state index in [9.17, 15) is 44.7 Å². The van der Waals surface area contributed by atoms with Crippen LogP contribution >= 0.6 is 0 Å². The Morgan fingerprint density at radius 3 is 1.76 bits per heavy atom. The van der Waals surface area contributed by atoms with E-state index in [0.717, 1.165) is 43.4 Å². The Labute approximate surface area is 191 Å². The maximum absolute atomic E-state index is 13.4. The second kappa shape index (κ2) is 9.79. The predicted octanol–water partition coefficient (Wildman–Crippen LogP) is 6.02. The molecule has 34 heavy (non-hydrogen) atoms. The summed E-state index contributed by atoms with van der Waals surface area (Å²) in [5, 5.41) is 0. The first-order valence-electron chi connectivity index (χ1n) is 11.4. The molecule has 196 valence electrons. The number of alkyl halides is 8. The first-order chi connectivity index (χ1) is 15.7. The number of carbonyl (C=O) groups excluding carboxylic acids is 2. The zero-order valence-electron chi connectivity index (χ0n) is 18.5. The molecule has 4 aliphatic carbocycles. The molecule has 0 atom stereocenters. The summed E-state index contributed by atoms with van der Waals surface area (Å²) in [7, 11) is 0. The Morgan fingerprint density at radius 1 is 0.824 bits per heavy atom. The normalized spacial score (nSPS) is 28.9. The molecular formula is C22H28F8O4. The van der Waals surface area contributed by atoms with Crippen LogP contribution in [0.25, 0.3) is 0 Å². The lowest BCUT2D eigenvalue weighted by Crippen LogP contribution is -2.59. The van der Waals surface area contributed by atoms with Gasteiger partial charge in [0.15, 0.2) is 6.61 Å². The fourth-order valence-electron chi connectivity index (χ4n) is 6.14. The highest BCUT2D eigenvalue weighted by Crippen LogP contribution is 2.61. The number of halogens is 8. The lowest BCUT2D eigenvalue weighted by molar-refractivity contribution is -0.344. The molecule has 0 saturated heterocycles. The van der Waals surface area contributed by atoms with Crippen LogP contribution in [0.1, 0.15) is 64.2 Å². The van der Waals surface area contributed by atoms with Crippen molar-refractivity contribution < 1.29 is 54.2 Å². The zero-order chi connectivity index (χ0) is 25.4. The number of carbonyl (C=O) groups is 2. The van der Waals surface area contributed by atoms with Gasteiger partial charge in [0.1, 0.15) is 0 Å². The zero-order valence-corrected chi connectivity index (χ0v) is 18.5. The van der Waals surface area contributed by atoms with Crippen LogP contribution in [0.4, 0.5) is 35.1 Å². The Bertz CT molecular complexity index is 720. The van der Waals surface area contributed by atoms with E-state index in [2.05, 4.69) is 4.74 Å². The molecule has 0 N–H and O–H groups in total. The Kier molecular flexibility index (Phi) is 7.77. The lowest BCUT2D eigenvalue weighted by atomic mass is 9.49. The van der Waals surface area contributed by atoms with Crippen LogP contribution < -0.4 is 0 Å². The van der Waals surface area contributed by atoms with Crippen molar-refractivity contribution >= 4 is 11.9 Å². The molecular weight excluding hydrogens is 480 g/mol. The number of hydrogen-bond donors (Lipinski definition) is 0. The van der Waals surface area contributed by atoms with Gasteiger partial charge in [-0.2, -0.15) is 26.3 Å². The quantitative estimate of drug-likeness (QED) is 0.239. The van der Waals surface area contributed by atoms with Crippen LogP contribution in [0.5, 0.6) is 0 Å². The van der Waals surface area contributed by atoms with E-state index >= 15 is 0 Å². The molecule has 0 aliphatic heterocycles. The van der Waals surface area contributed by atoms with Crippen molar-refractivity contribution in [2.24, 2.45) is 23.2 Å². The van der Waals surface area contributed by atoms with Gasteiger partial charge < -0.3 is 9.47 Å². The van der Waals surface area contributed by atoms with E-state index < -0.39 is 49.2 Å². The summed E-state index contributed by atoms with van der Waals surface area (Å²) in [4.78, 5) is 23.4. The average Bonchev–Trinajstić information content (AvgIpc) is 2.70. The summed E-state index contributed by atoms with van der Waals surface area (Å²) in [5.74, 6) is -18.3. The molecule has 0 spiro atoms. The summed E-state index contributed by atoms with van der Waals surface area (Å²) < 4.78 is 112.